The lowest BCUT2D eigenvalue weighted by Gasteiger charge is -2.06. The molecule has 3 rings (SSSR count). The zero-order valence-corrected chi connectivity index (χ0v) is 14.1. The zero-order valence-electron chi connectivity index (χ0n) is 14.1. The second kappa shape index (κ2) is 7.94. The van der Waals surface area contributed by atoms with Gasteiger partial charge in [0.15, 0.2) is 0 Å². The van der Waals surface area contributed by atoms with Crippen molar-refractivity contribution in [3.05, 3.63) is 83.8 Å². The molecule has 0 fully saturated rings. The van der Waals surface area contributed by atoms with E-state index in [1.807, 2.05) is 30.3 Å². The summed E-state index contributed by atoms with van der Waals surface area (Å²) in [5.74, 6) is -0.0753. The summed E-state index contributed by atoms with van der Waals surface area (Å²) in [5, 5.41) is 9.09. The van der Waals surface area contributed by atoms with Gasteiger partial charge in [-0.1, -0.05) is 35.5 Å². The smallest absolute Gasteiger partial charge is 0.260 e. The van der Waals surface area contributed by atoms with Crippen molar-refractivity contribution in [3.63, 3.8) is 0 Å². The van der Waals surface area contributed by atoms with Crippen LogP contribution in [-0.2, 0) is 4.79 Å². The maximum Gasteiger partial charge on any atom is 0.260 e. The molecule has 2 amide bonds. The van der Waals surface area contributed by atoms with Gasteiger partial charge in [0.1, 0.15) is 11.3 Å². The molecule has 1 heterocycles. The monoisotopic (exact) mass is 347 g/mol. The van der Waals surface area contributed by atoms with E-state index in [1.54, 1.807) is 37.3 Å². The van der Waals surface area contributed by atoms with Crippen molar-refractivity contribution in [2.75, 3.05) is 10.6 Å². The summed E-state index contributed by atoms with van der Waals surface area (Å²) in [5.41, 5.74) is 2.57. The van der Waals surface area contributed by atoms with Gasteiger partial charge in [-0.25, -0.2) is 0 Å². The van der Waals surface area contributed by atoms with Crippen LogP contribution in [0.25, 0.3) is 6.08 Å². The molecule has 0 aliphatic rings. The second-order valence-electron chi connectivity index (χ2n) is 5.56. The number of carbonyl (C=O) groups excluding carboxylic acids is 2. The molecule has 6 nitrogen and oxygen atoms in total. The van der Waals surface area contributed by atoms with E-state index in [2.05, 4.69) is 15.8 Å². The van der Waals surface area contributed by atoms with E-state index in [9.17, 15) is 9.59 Å². The first-order valence-corrected chi connectivity index (χ1v) is 7.98. The summed E-state index contributed by atoms with van der Waals surface area (Å²) in [6.07, 6.45) is 4.59. The lowest BCUT2D eigenvalue weighted by molar-refractivity contribution is -0.111. The lowest BCUT2D eigenvalue weighted by atomic mass is 10.2. The number of aromatic nitrogens is 1. The normalized spacial score (nSPS) is 10.7. The highest BCUT2D eigenvalue weighted by Crippen LogP contribution is 2.16. The van der Waals surface area contributed by atoms with Gasteiger partial charge in [0.25, 0.3) is 5.91 Å². The number of rotatable bonds is 5. The van der Waals surface area contributed by atoms with Crippen LogP contribution in [0.15, 0.2) is 71.4 Å². The Kier molecular flexibility index (Phi) is 5.24. The molecule has 0 saturated heterocycles. The number of nitrogens with one attached hydrogen (secondary N) is 2. The lowest BCUT2D eigenvalue weighted by Crippen LogP contribution is -2.12. The van der Waals surface area contributed by atoms with E-state index in [0.717, 1.165) is 5.56 Å². The van der Waals surface area contributed by atoms with Crippen LogP contribution in [0.3, 0.4) is 0 Å². The number of hydrogen-bond donors (Lipinski definition) is 2. The molecule has 0 spiro atoms. The van der Waals surface area contributed by atoms with E-state index >= 15 is 0 Å². The summed E-state index contributed by atoms with van der Waals surface area (Å²) in [7, 11) is 0. The maximum atomic E-state index is 12.1. The Balaban J connectivity index is 1.57. The number of aryl methyl sites for hydroxylation is 1. The third-order valence-corrected chi connectivity index (χ3v) is 3.63. The van der Waals surface area contributed by atoms with Gasteiger partial charge in [0.05, 0.1) is 6.20 Å². The van der Waals surface area contributed by atoms with Crippen molar-refractivity contribution in [1.82, 2.24) is 5.16 Å². The molecule has 6 heteroatoms. The van der Waals surface area contributed by atoms with Gasteiger partial charge in [-0.2, -0.15) is 0 Å². The van der Waals surface area contributed by atoms with Crippen LogP contribution in [0.5, 0.6) is 0 Å². The average Bonchev–Trinajstić information content (AvgIpc) is 3.09. The summed E-state index contributed by atoms with van der Waals surface area (Å²) >= 11 is 0. The van der Waals surface area contributed by atoms with Crippen LogP contribution in [0, 0.1) is 6.92 Å². The molecule has 0 aliphatic heterocycles. The van der Waals surface area contributed by atoms with Gasteiger partial charge in [-0.15, -0.1) is 0 Å². The van der Waals surface area contributed by atoms with E-state index in [1.165, 1.54) is 12.3 Å². The van der Waals surface area contributed by atoms with Crippen LogP contribution in [0.4, 0.5) is 11.4 Å². The first-order valence-electron chi connectivity index (χ1n) is 7.98. The number of amides is 2. The van der Waals surface area contributed by atoms with Gasteiger partial charge in [0, 0.05) is 17.5 Å². The van der Waals surface area contributed by atoms with E-state index in [-0.39, 0.29) is 11.8 Å². The predicted octanol–water partition coefficient (Wildman–Crippen LogP) is 3.89. The Labute approximate surface area is 150 Å². The minimum atomic E-state index is -0.300. The van der Waals surface area contributed by atoms with Crippen molar-refractivity contribution in [3.8, 4) is 0 Å². The van der Waals surface area contributed by atoms with Gasteiger partial charge >= 0.3 is 0 Å². The fourth-order valence-electron chi connectivity index (χ4n) is 2.27. The van der Waals surface area contributed by atoms with Gasteiger partial charge < -0.3 is 15.2 Å². The SMILES string of the molecule is Cc1oncc1C(=O)Nc1ccc(NC(=O)C=Cc2ccccc2)cc1. The zero-order chi connectivity index (χ0) is 18.4. The molecule has 3 aromatic rings. The van der Waals surface area contributed by atoms with Crippen molar-refractivity contribution in [2.45, 2.75) is 6.92 Å². The largest absolute Gasteiger partial charge is 0.361 e. The van der Waals surface area contributed by atoms with Crippen LogP contribution in [0.2, 0.25) is 0 Å². The number of carbonyl (C=O) groups is 2. The first-order chi connectivity index (χ1) is 12.6. The molecule has 2 aromatic carbocycles. The highest BCUT2D eigenvalue weighted by molar-refractivity contribution is 6.05. The number of anilines is 2. The molecule has 0 saturated carbocycles. The molecular formula is C20H17N3O3. The van der Waals surface area contributed by atoms with Crippen LogP contribution >= 0.6 is 0 Å². The third kappa shape index (κ3) is 4.45. The van der Waals surface area contributed by atoms with Crippen molar-refractivity contribution in [2.24, 2.45) is 0 Å². The van der Waals surface area contributed by atoms with Crippen LogP contribution in [0.1, 0.15) is 21.7 Å². The molecule has 26 heavy (non-hydrogen) atoms. The number of nitrogens with zero attached hydrogens (tertiary/aromatic N) is 1. The molecule has 0 aliphatic carbocycles. The Hall–Kier alpha value is -3.67. The minimum absolute atomic E-state index is 0.231. The fourth-order valence-corrected chi connectivity index (χ4v) is 2.27. The summed E-state index contributed by atoms with van der Waals surface area (Å²) in [4.78, 5) is 24.0. The Morgan fingerprint density at radius 1 is 0.962 bits per heavy atom. The molecule has 2 N–H and O–H groups in total. The topological polar surface area (TPSA) is 84.2 Å². The Bertz CT molecular complexity index is 928. The number of hydrogen-bond acceptors (Lipinski definition) is 4. The predicted molar refractivity (Wildman–Crippen MR) is 99.7 cm³/mol. The molecule has 0 unspecified atom stereocenters. The van der Waals surface area contributed by atoms with Crippen molar-refractivity contribution >= 4 is 29.3 Å². The van der Waals surface area contributed by atoms with Gasteiger partial charge in [-0.3, -0.25) is 9.59 Å². The van der Waals surface area contributed by atoms with E-state index in [0.29, 0.717) is 22.7 Å². The molecule has 130 valence electrons. The van der Waals surface area contributed by atoms with E-state index < -0.39 is 0 Å². The first kappa shape index (κ1) is 17.2. The average molecular weight is 347 g/mol. The van der Waals surface area contributed by atoms with Crippen molar-refractivity contribution < 1.29 is 14.1 Å². The Morgan fingerprint density at radius 3 is 2.23 bits per heavy atom. The molecular weight excluding hydrogens is 330 g/mol. The molecule has 0 atom stereocenters. The Morgan fingerprint density at radius 2 is 1.62 bits per heavy atom. The fraction of sp³-hybridized carbons (Fsp3) is 0.0500. The second-order valence-corrected chi connectivity index (χ2v) is 5.56. The molecule has 0 radical (unpaired) electrons. The van der Waals surface area contributed by atoms with Crippen molar-refractivity contribution in [1.29, 1.82) is 0 Å². The van der Waals surface area contributed by atoms with Crippen LogP contribution < -0.4 is 10.6 Å². The number of benzene rings is 2. The highest BCUT2D eigenvalue weighted by atomic mass is 16.5. The third-order valence-electron chi connectivity index (χ3n) is 3.63. The standard InChI is InChI=1S/C20H17N3O3/c1-14-18(13-21-26-14)20(25)23-17-10-8-16(9-11-17)22-19(24)12-7-15-5-3-2-4-6-15/h2-13H,1H3,(H,22,24)(H,23,25). The summed E-state index contributed by atoms with van der Waals surface area (Å²) < 4.78 is 4.88. The van der Waals surface area contributed by atoms with E-state index in [4.69, 9.17) is 4.52 Å². The maximum absolute atomic E-state index is 12.1. The van der Waals surface area contributed by atoms with Crippen LogP contribution in [-0.4, -0.2) is 17.0 Å². The molecule has 1 aromatic heterocycles. The van der Waals surface area contributed by atoms with Gasteiger partial charge in [-0.05, 0) is 42.8 Å². The van der Waals surface area contributed by atoms with Gasteiger partial charge in [0.2, 0.25) is 5.91 Å². The summed E-state index contributed by atoms with van der Waals surface area (Å²) in [6, 6.07) is 16.4. The minimum Gasteiger partial charge on any atom is -0.361 e. The quantitative estimate of drug-likeness (QED) is 0.686. The highest BCUT2D eigenvalue weighted by Gasteiger charge is 2.12. The summed E-state index contributed by atoms with van der Waals surface area (Å²) in [6.45, 7) is 1.67. The molecule has 0 bridgehead atoms.